The minimum absolute atomic E-state index is 0.234. The SMILES string of the molecule is CC(C)(C)C(=O)NC(OC(=O)Nc1ccc(CC=O)cc1)c1ccccc1. The van der Waals surface area contributed by atoms with Crippen LogP contribution >= 0.6 is 0 Å². The average molecular weight is 368 g/mol. The molecule has 0 aliphatic carbocycles. The second-order valence-corrected chi connectivity index (χ2v) is 7.11. The Labute approximate surface area is 158 Å². The quantitative estimate of drug-likeness (QED) is 0.599. The van der Waals surface area contributed by atoms with Gasteiger partial charge in [0.15, 0.2) is 0 Å². The number of amides is 2. The minimum Gasteiger partial charge on any atom is -0.421 e. The lowest BCUT2D eigenvalue weighted by atomic mass is 9.95. The van der Waals surface area contributed by atoms with E-state index in [1.165, 1.54) is 0 Å². The summed E-state index contributed by atoms with van der Waals surface area (Å²) in [5.41, 5.74) is 1.42. The van der Waals surface area contributed by atoms with Crippen molar-refractivity contribution in [2.75, 3.05) is 5.32 Å². The van der Waals surface area contributed by atoms with Gasteiger partial charge in [0.2, 0.25) is 12.1 Å². The molecule has 27 heavy (non-hydrogen) atoms. The fourth-order valence-corrected chi connectivity index (χ4v) is 2.22. The van der Waals surface area contributed by atoms with Crippen LogP contribution in [0.1, 0.15) is 38.1 Å². The second kappa shape index (κ2) is 8.98. The molecule has 6 nitrogen and oxygen atoms in total. The highest BCUT2D eigenvalue weighted by molar-refractivity contribution is 5.85. The highest BCUT2D eigenvalue weighted by Crippen LogP contribution is 2.20. The zero-order chi connectivity index (χ0) is 19.9. The summed E-state index contributed by atoms with van der Waals surface area (Å²) in [4.78, 5) is 35.2. The van der Waals surface area contributed by atoms with E-state index in [2.05, 4.69) is 10.6 Å². The lowest BCUT2D eigenvalue weighted by Crippen LogP contribution is -2.39. The Hall–Kier alpha value is -3.15. The van der Waals surface area contributed by atoms with Crippen molar-refractivity contribution in [1.29, 1.82) is 0 Å². The van der Waals surface area contributed by atoms with Crippen LogP contribution < -0.4 is 10.6 Å². The van der Waals surface area contributed by atoms with Gasteiger partial charge in [-0.3, -0.25) is 10.1 Å². The molecule has 0 heterocycles. The monoisotopic (exact) mass is 368 g/mol. The Morgan fingerprint density at radius 2 is 1.67 bits per heavy atom. The van der Waals surface area contributed by atoms with E-state index in [-0.39, 0.29) is 5.91 Å². The van der Waals surface area contributed by atoms with Crippen molar-refractivity contribution < 1.29 is 19.1 Å². The number of nitrogens with one attached hydrogen (secondary N) is 2. The third-order valence-electron chi connectivity index (χ3n) is 3.79. The maximum absolute atomic E-state index is 12.3. The van der Waals surface area contributed by atoms with E-state index >= 15 is 0 Å². The first kappa shape index (κ1) is 20.2. The predicted molar refractivity (Wildman–Crippen MR) is 103 cm³/mol. The van der Waals surface area contributed by atoms with E-state index in [0.29, 0.717) is 17.7 Å². The maximum atomic E-state index is 12.3. The van der Waals surface area contributed by atoms with Gasteiger partial charge in [-0.25, -0.2) is 4.79 Å². The minimum atomic E-state index is -0.910. The first-order valence-electron chi connectivity index (χ1n) is 8.65. The van der Waals surface area contributed by atoms with Crippen LogP contribution in [0.3, 0.4) is 0 Å². The van der Waals surface area contributed by atoms with Gasteiger partial charge in [0.05, 0.1) is 0 Å². The van der Waals surface area contributed by atoms with Crippen molar-refractivity contribution in [2.24, 2.45) is 5.41 Å². The molecule has 0 spiro atoms. The van der Waals surface area contributed by atoms with Gasteiger partial charge in [-0.1, -0.05) is 63.2 Å². The molecule has 1 unspecified atom stereocenters. The zero-order valence-corrected chi connectivity index (χ0v) is 15.7. The van der Waals surface area contributed by atoms with E-state index < -0.39 is 17.7 Å². The topological polar surface area (TPSA) is 84.5 Å². The van der Waals surface area contributed by atoms with Crippen LogP contribution in [0.2, 0.25) is 0 Å². The first-order chi connectivity index (χ1) is 12.8. The number of carbonyl (C=O) groups is 3. The second-order valence-electron chi connectivity index (χ2n) is 7.11. The highest BCUT2D eigenvalue weighted by atomic mass is 16.6. The number of aldehydes is 1. The van der Waals surface area contributed by atoms with Crippen LogP contribution in [0.4, 0.5) is 10.5 Å². The average Bonchev–Trinajstić information content (AvgIpc) is 2.63. The summed E-state index contributed by atoms with van der Waals surface area (Å²) in [5, 5.41) is 5.38. The molecule has 0 aromatic heterocycles. The van der Waals surface area contributed by atoms with Gasteiger partial charge in [-0.2, -0.15) is 0 Å². The van der Waals surface area contributed by atoms with Crippen molar-refractivity contribution in [3.05, 3.63) is 65.7 Å². The zero-order valence-electron chi connectivity index (χ0n) is 15.7. The number of anilines is 1. The van der Waals surface area contributed by atoms with Crippen molar-refractivity contribution in [1.82, 2.24) is 5.32 Å². The Kier molecular flexibility index (Phi) is 6.71. The van der Waals surface area contributed by atoms with Crippen molar-refractivity contribution >= 4 is 24.0 Å². The van der Waals surface area contributed by atoms with Gasteiger partial charge in [-0.15, -0.1) is 0 Å². The molecule has 2 aromatic rings. The maximum Gasteiger partial charge on any atom is 0.413 e. The number of hydrogen-bond donors (Lipinski definition) is 2. The number of ether oxygens (including phenoxy) is 1. The molecular formula is C21H24N2O4. The summed E-state index contributed by atoms with van der Waals surface area (Å²) < 4.78 is 5.45. The third-order valence-corrected chi connectivity index (χ3v) is 3.79. The smallest absolute Gasteiger partial charge is 0.413 e. The lowest BCUT2D eigenvalue weighted by Gasteiger charge is -2.24. The number of rotatable bonds is 6. The Morgan fingerprint density at radius 3 is 2.22 bits per heavy atom. The summed E-state index contributed by atoms with van der Waals surface area (Å²) in [6.07, 6.45) is -0.466. The molecule has 6 heteroatoms. The van der Waals surface area contributed by atoms with Crippen LogP contribution in [-0.2, 0) is 20.7 Å². The predicted octanol–water partition coefficient (Wildman–Crippen LogP) is 3.84. The molecular weight excluding hydrogens is 344 g/mol. The molecule has 2 amide bonds. The Morgan fingerprint density at radius 1 is 1.04 bits per heavy atom. The number of benzene rings is 2. The molecule has 0 radical (unpaired) electrons. The molecule has 0 saturated carbocycles. The molecule has 2 aromatic carbocycles. The molecule has 0 bridgehead atoms. The van der Waals surface area contributed by atoms with Crippen LogP contribution in [0.25, 0.3) is 0 Å². The largest absolute Gasteiger partial charge is 0.421 e. The standard InChI is InChI=1S/C21H24N2O4/c1-21(2,3)19(25)23-18(16-7-5-4-6-8-16)27-20(26)22-17-11-9-15(10-12-17)13-14-24/h4-12,14,18H,13H2,1-3H3,(H,22,26)(H,23,25). The Balaban J connectivity index is 2.08. The van der Waals surface area contributed by atoms with Gasteiger partial charge in [-0.05, 0) is 17.7 Å². The third kappa shape index (κ3) is 6.26. The van der Waals surface area contributed by atoms with E-state index in [9.17, 15) is 14.4 Å². The van der Waals surface area contributed by atoms with Gasteiger partial charge in [0.25, 0.3) is 0 Å². The fourth-order valence-electron chi connectivity index (χ4n) is 2.22. The summed E-state index contributed by atoms with van der Waals surface area (Å²) in [6, 6.07) is 15.9. The Bertz CT molecular complexity index is 780. The van der Waals surface area contributed by atoms with E-state index in [4.69, 9.17) is 4.74 Å². The van der Waals surface area contributed by atoms with Crippen LogP contribution in [0, 0.1) is 5.41 Å². The van der Waals surface area contributed by atoms with Crippen LogP contribution in [-0.4, -0.2) is 18.3 Å². The van der Waals surface area contributed by atoms with E-state index in [1.54, 1.807) is 69.3 Å². The normalized spacial score (nSPS) is 12.0. The molecule has 0 fully saturated rings. The number of carbonyl (C=O) groups excluding carboxylic acids is 3. The lowest BCUT2D eigenvalue weighted by molar-refractivity contribution is -0.131. The van der Waals surface area contributed by atoms with E-state index in [0.717, 1.165) is 11.8 Å². The van der Waals surface area contributed by atoms with Crippen LogP contribution in [0.15, 0.2) is 54.6 Å². The first-order valence-corrected chi connectivity index (χ1v) is 8.65. The number of hydrogen-bond acceptors (Lipinski definition) is 4. The molecule has 2 N–H and O–H groups in total. The molecule has 2 rings (SSSR count). The molecule has 0 aliphatic rings. The van der Waals surface area contributed by atoms with E-state index in [1.807, 2.05) is 6.07 Å². The summed E-state index contributed by atoms with van der Waals surface area (Å²) in [7, 11) is 0. The van der Waals surface area contributed by atoms with Gasteiger partial charge in [0.1, 0.15) is 6.29 Å². The summed E-state index contributed by atoms with van der Waals surface area (Å²) in [5.74, 6) is -0.234. The van der Waals surface area contributed by atoms with Gasteiger partial charge >= 0.3 is 6.09 Å². The van der Waals surface area contributed by atoms with Crippen molar-refractivity contribution in [2.45, 2.75) is 33.4 Å². The highest BCUT2D eigenvalue weighted by Gasteiger charge is 2.26. The fraction of sp³-hybridized carbons (Fsp3) is 0.286. The van der Waals surface area contributed by atoms with Crippen molar-refractivity contribution in [3.8, 4) is 0 Å². The molecule has 1 atom stereocenters. The molecule has 142 valence electrons. The van der Waals surface area contributed by atoms with Crippen molar-refractivity contribution in [3.63, 3.8) is 0 Å². The molecule has 0 aliphatic heterocycles. The molecule has 0 saturated heterocycles. The van der Waals surface area contributed by atoms with Gasteiger partial charge < -0.3 is 14.8 Å². The summed E-state index contributed by atoms with van der Waals surface area (Å²) >= 11 is 0. The van der Waals surface area contributed by atoms with Crippen LogP contribution in [0.5, 0.6) is 0 Å². The summed E-state index contributed by atoms with van der Waals surface area (Å²) in [6.45, 7) is 5.35. The van der Waals surface area contributed by atoms with Gasteiger partial charge in [0, 0.05) is 23.1 Å².